The van der Waals surface area contributed by atoms with Gasteiger partial charge < -0.3 is 4.74 Å². The van der Waals surface area contributed by atoms with Gasteiger partial charge >= 0.3 is 5.97 Å². The molecule has 1 rings (SSSR count). The van der Waals surface area contributed by atoms with Crippen LogP contribution in [0.2, 0.25) is 0 Å². The van der Waals surface area contributed by atoms with Gasteiger partial charge in [0.25, 0.3) is 0 Å². The summed E-state index contributed by atoms with van der Waals surface area (Å²) in [6.45, 7) is 4.63. The van der Waals surface area contributed by atoms with E-state index >= 15 is 0 Å². The standard InChI is InChI=1S/C10H20N2O2/c1-8-5-4-6-9(2)12(8)11-7-10(13)14-3/h8-9,11H,4-7H2,1-3H3. The molecule has 0 radical (unpaired) electrons. The average molecular weight is 200 g/mol. The van der Waals surface area contributed by atoms with Gasteiger partial charge in [-0.15, -0.1) is 0 Å². The minimum absolute atomic E-state index is 0.213. The first kappa shape index (κ1) is 11.5. The Morgan fingerprint density at radius 3 is 2.50 bits per heavy atom. The van der Waals surface area contributed by atoms with Crippen LogP contribution in [-0.2, 0) is 9.53 Å². The maximum Gasteiger partial charge on any atom is 0.321 e. The monoisotopic (exact) mass is 200 g/mol. The van der Waals surface area contributed by atoms with Crippen molar-refractivity contribution in [3.05, 3.63) is 0 Å². The molecule has 2 unspecified atom stereocenters. The lowest BCUT2D eigenvalue weighted by Crippen LogP contribution is -2.53. The summed E-state index contributed by atoms with van der Waals surface area (Å²) in [5.74, 6) is -0.213. The normalized spacial score (nSPS) is 28.8. The molecule has 4 heteroatoms. The van der Waals surface area contributed by atoms with Crippen molar-refractivity contribution in [2.24, 2.45) is 0 Å². The SMILES string of the molecule is COC(=O)CNN1C(C)CCCC1C. The van der Waals surface area contributed by atoms with Crippen LogP contribution in [-0.4, -0.2) is 36.7 Å². The highest BCUT2D eigenvalue weighted by atomic mass is 16.5. The van der Waals surface area contributed by atoms with Crippen LogP contribution in [0.3, 0.4) is 0 Å². The molecule has 0 amide bonds. The Balaban J connectivity index is 2.36. The minimum Gasteiger partial charge on any atom is -0.468 e. The second kappa shape index (κ2) is 5.32. The van der Waals surface area contributed by atoms with Crippen LogP contribution >= 0.6 is 0 Å². The fraction of sp³-hybridized carbons (Fsp3) is 0.900. The third kappa shape index (κ3) is 2.96. The highest BCUT2D eigenvalue weighted by Gasteiger charge is 2.24. The maximum absolute atomic E-state index is 11.0. The molecule has 1 saturated heterocycles. The smallest absolute Gasteiger partial charge is 0.321 e. The minimum atomic E-state index is -0.213. The van der Waals surface area contributed by atoms with Crippen LogP contribution in [0.4, 0.5) is 0 Å². The largest absolute Gasteiger partial charge is 0.468 e. The number of piperidine rings is 1. The fourth-order valence-corrected chi connectivity index (χ4v) is 1.96. The van der Waals surface area contributed by atoms with E-state index in [2.05, 4.69) is 29.0 Å². The fourth-order valence-electron chi connectivity index (χ4n) is 1.96. The number of methoxy groups -OCH3 is 1. The summed E-state index contributed by atoms with van der Waals surface area (Å²) in [5.41, 5.74) is 3.13. The number of carbonyl (C=O) groups excluding carboxylic acids is 1. The summed E-state index contributed by atoms with van der Waals surface area (Å²) in [4.78, 5) is 11.0. The number of ether oxygens (including phenoxy) is 1. The average Bonchev–Trinajstić information content (AvgIpc) is 2.16. The number of nitrogens with zero attached hydrogens (tertiary/aromatic N) is 1. The molecule has 4 nitrogen and oxygen atoms in total. The van der Waals surface area contributed by atoms with E-state index in [1.807, 2.05) is 0 Å². The molecule has 1 heterocycles. The summed E-state index contributed by atoms with van der Waals surface area (Å²) in [7, 11) is 1.41. The van der Waals surface area contributed by atoms with Gasteiger partial charge in [-0.1, -0.05) is 6.42 Å². The van der Waals surface area contributed by atoms with Crippen molar-refractivity contribution < 1.29 is 9.53 Å². The molecule has 1 aliphatic rings. The molecule has 0 aromatic heterocycles. The van der Waals surface area contributed by atoms with Gasteiger partial charge in [0.05, 0.1) is 7.11 Å². The van der Waals surface area contributed by atoms with E-state index < -0.39 is 0 Å². The van der Waals surface area contributed by atoms with E-state index in [0.717, 1.165) is 0 Å². The molecule has 14 heavy (non-hydrogen) atoms. The number of hydrazine groups is 1. The lowest BCUT2D eigenvalue weighted by Gasteiger charge is -2.38. The maximum atomic E-state index is 11.0. The Morgan fingerprint density at radius 1 is 1.43 bits per heavy atom. The zero-order valence-corrected chi connectivity index (χ0v) is 9.25. The Morgan fingerprint density at radius 2 is 2.00 bits per heavy atom. The summed E-state index contributed by atoms with van der Waals surface area (Å²) in [5, 5.41) is 2.17. The molecule has 0 aromatic rings. The van der Waals surface area contributed by atoms with Crippen molar-refractivity contribution in [3.8, 4) is 0 Å². The van der Waals surface area contributed by atoms with Crippen LogP contribution in [0.25, 0.3) is 0 Å². The van der Waals surface area contributed by atoms with Gasteiger partial charge in [-0.25, -0.2) is 10.4 Å². The Labute approximate surface area is 85.6 Å². The van der Waals surface area contributed by atoms with Crippen LogP contribution in [0, 0.1) is 0 Å². The van der Waals surface area contributed by atoms with Crippen molar-refractivity contribution in [2.45, 2.75) is 45.2 Å². The van der Waals surface area contributed by atoms with Gasteiger partial charge in [-0.05, 0) is 26.7 Å². The van der Waals surface area contributed by atoms with Crippen molar-refractivity contribution in [1.29, 1.82) is 0 Å². The number of esters is 1. The predicted molar refractivity (Wildman–Crippen MR) is 54.6 cm³/mol. The van der Waals surface area contributed by atoms with Gasteiger partial charge in [-0.3, -0.25) is 4.79 Å². The van der Waals surface area contributed by atoms with Gasteiger partial charge in [0.2, 0.25) is 0 Å². The molecule has 0 aromatic carbocycles. The van der Waals surface area contributed by atoms with E-state index in [1.54, 1.807) is 0 Å². The van der Waals surface area contributed by atoms with Gasteiger partial charge in [0.1, 0.15) is 6.54 Å². The van der Waals surface area contributed by atoms with Crippen molar-refractivity contribution in [1.82, 2.24) is 10.4 Å². The topological polar surface area (TPSA) is 41.6 Å². The van der Waals surface area contributed by atoms with E-state index in [-0.39, 0.29) is 12.5 Å². The van der Waals surface area contributed by atoms with E-state index in [1.165, 1.54) is 26.4 Å². The summed E-state index contributed by atoms with van der Waals surface area (Å²) < 4.78 is 4.58. The molecule has 0 spiro atoms. The molecular weight excluding hydrogens is 180 g/mol. The van der Waals surface area contributed by atoms with Crippen LogP contribution in [0.1, 0.15) is 33.1 Å². The Kier molecular flexibility index (Phi) is 4.35. The Bertz CT molecular complexity index is 187. The predicted octanol–water partition coefficient (Wildman–Crippen LogP) is 0.927. The summed E-state index contributed by atoms with van der Waals surface area (Å²) in [6.07, 6.45) is 3.66. The molecule has 82 valence electrons. The first-order chi connectivity index (χ1) is 6.65. The van der Waals surface area contributed by atoms with Gasteiger partial charge in [0.15, 0.2) is 0 Å². The number of rotatable bonds is 3. The lowest BCUT2D eigenvalue weighted by atomic mass is 10.00. The van der Waals surface area contributed by atoms with E-state index in [9.17, 15) is 4.79 Å². The highest BCUT2D eigenvalue weighted by molar-refractivity contribution is 5.71. The quantitative estimate of drug-likeness (QED) is 0.688. The van der Waals surface area contributed by atoms with Crippen molar-refractivity contribution in [2.75, 3.05) is 13.7 Å². The second-order valence-corrected chi connectivity index (χ2v) is 3.95. The summed E-state index contributed by atoms with van der Waals surface area (Å²) in [6, 6.07) is 1.01. The highest BCUT2D eigenvalue weighted by Crippen LogP contribution is 2.19. The number of nitrogens with one attached hydrogen (secondary N) is 1. The lowest BCUT2D eigenvalue weighted by molar-refractivity contribution is -0.141. The van der Waals surface area contributed by atoms with E-state index in [4.69, 9.17) is 0 Å². The van der Waals surface area contributed by atoms with E-state index in [0.29, 0.717) is 12.1 Å². The zero-order chi connectivity index (χ0) is 10.6. The van der Waals surface area contributed by atoms with Crippen LogP contribution in [0.15, 0.2) is 0 Å². The Hall–Kier alpha value is -0.610. The van der Waals surface area contributed by atoms with Crippen LogP contribution < -0.4 is 5.43 Å². The number of hydrogen-bond donors (Lipinski definition) is 1. The molecule has 1 aliphatic heterocycles. The first-order valence-corrected chi connectivity index (χ1v) is 5.23. The zero-order valence-electron chi connectivity index (χ0n) is 9.25. The molecule has 0 bridgehead atoms. The molecule has 2 atom stereocenters. The van der Waals surface area contributed by atoms with Crippen LogP contribution in [0.5, 0.6) is 0 Å². The van der Waals surface area contributed by atoms with Gasteiger partial charge in [-0.2, -0.15) is 0 Å². The molecule has 1 fully saturated rings. The van der Waals surface area contributed by atoms with Gasteiger partial charge in [0, 0.05) is 12.1 Å². The number of hydrogen-bond acceptors (Lipinski definition) is 4. The summed E-state index contributed by atoms with van der Waals surface area (Å²) >= 11 is 0. The third-order valence-electron chi connectivity index (χ3n) is 2.83. The molecular formula is C10H20N2O2. The first-order valence-electron chi connectivity index (χ1n) is 5.23. The van der Waals surface area contributed by atoms with Crippen molar-refractivity contribution >= 4 is 5.97 Å². The molecule has 0 saturated carbocycles. The molecule has 0 aliphatic carbocycles. The third-order valence-corrected chi connectivity index (χ3v) is 2.83. The van der Waals surface area contributed by atoms with Crippen molar-refractivity contribution in [3.63, 3.8) is 0 Å². The molecule has 1 N–H and O–H groups in total. The number of carbonyl (C=O) groups is 1. The second-order valence-electron chi connectivity index (χ2n) is 3.95.